The van der Waals surface area contributed by atoms with Crippen molar-refractivity contribution >= 4 is 11.9 Å². The second kappa shape index (κ2) is 9.01. The predicted molar refractivity (Wildman–Crippen MR) is 88.5 cm³/mol. The molecule has 2 aliphatic carbocycles. The van der Waals surface area contributed by atoms with Crippen molar-refractivity contribution in [3.63, 3.8) is 0 Å². The second-order valence-corrected chi connectivity index (χ2v) is 6.90. The van der Waals surface area contributed by atoms with Crippen LogP contribution in [0.25, 0.3) is 0 Å². The normalized spacial score (nSPS) is 31.4. The number of aliphatic hydroxyl groups is 2. The molecule has 0 saturated heterocycles. The van der Waals surface area contributed by atoms with E-state index in [1.807, 2.05) is 0 Å². The molecule has 0 aromatic heterocycles. The number of aliphatic hydroxyl groups excluding tert-OH is 2. The molecule has 0 aliphatic heterocycles. The van der Waals surface area contributed by atoms with Crippen LogP contribution in [0, 0.1) is 11.8 Å². The summed E-state index contributed by atoms with van der Waals surface area (Å²) in [5, 5.41) is 37.8. The van der Waals surface area contributed by atoms with Crippen molar-refractivity contribution in [2.45, 2.75) is 63.6 Å². The van der Waals surface area contributed by atoms with Crippen molar-refractivity contribution in [1.29, 1.82) is 0 Å². The summed E-state index contributed by atoms with van der Waals surface area (Å²) in [4.78, 5) is 22.9. The fourth-order valence-corrected chi connectivity index (χ4v) is 3.60. The van der Waals surface area contributed by atoms with Gasteiger partial charge < -0.3 is 25.2 Å². The average Bonchev–Trinajstić information content (AvgIpc) is 2.57. The predicted octanol–water partition coefficient (Wildman–Crippen LogP) is 2.04. The van der Waals surface area contributed by atoms with Gasteiger partial charge in [-0.2, -0.15) is 0 Å². The highest BCUT2D eigenvalue weighted by Crippen LogP contribution is 2.32. The van der Waals surface area contributed by atoms with E-state index in [1.165, 1.54) is 0 Å². The van der Waals surface area contributed by atoms with E-state index in [4.69, 9.17) is 4.74 Å². The highest BCUT2D eigenvalue weighted by Gasteiger charge is 2.28. The minimum Gasteiger partial charge on any atom is -0.478 e. The summed E-state index contributed by atoms with van der Waals surface area (Å²) in [6.07, 6.45) is 5.95. The lowest BCUT2D eigenvalue weighted by atomic mass is 9.82. The van der Waals surface area contributed by atoms with Crippen molar-refractivity contribution < 1.29 is 34.8 Å². The molecule has 2 fully saturated rings. The monoisotopic (exact) mass is 354 g/mol. The van der Waals surface area contributed by atoms with Gasteiger partial charge in [0.05, 0.1) is 23.4 Å². The molecule has 0 aromatic rings. The van der Waals surface area contributed by atoms with Gasteiger partial charge in [0.25, 0.3) is 0 Å². The maximum atomic E-state index is 11.5. The maximum absolute atomic E-state index is 11.5. The molecule has 4 N–H and O–H groups in total. The van der Waals surface area contributed by atoms with E-state index in [-0.39, 0.29) is 35.2 Å². The van der Waals surface area contributed by atoms with Gasteiger partial charge >= 0.3 is 11.9 Å². The molecule has 7 heteroatoms. The lowest BCUT2D eigenvalue weighted by Crippen LogP contribution is -2.23. The number of ether oxygens (including phenoxy) is 1. The van der Waals surface area contributed by atoms with Crippen LogP contribution >= 0.6 is 0 Å². The van der Waals surface area contributed by atoms with Gasteiger partial charge in [0, 0.05) is 0 Å². The Bertz CT molecular complexity index is 488. The number of hydrogen-bond acceptors (Lipinski definition) is 5. The Labute approximate surface area is 146 Å². The Morgan fingerprint density at radius 3 is 1.28 bits per heavy atom. The molecule has 2 aliphatic rings. The van der Waals surface area contributed by atoms with Crippen LogP contribution in [-0.4, -0.2) is 44.6 Å². The zero-order chi connectivity index (χ0) is 18.4. The molecule has 0 amide bonds. The third-order valence-corrected chi connectivity index (χ3v) is 5.16. The van der Waals surface area contributed by atoms with E-state index >= 15 is 0 Å². The van der Waals surface area contributed by atoms with Gasteiger partial charge in [0.15, 0.2) is 0 Å². The van der Waals surface area contributed by atoms with Crippen molar-refractivity contribution in [3.05, 3.63) is 23.7 Å². The van der Waals surface area contributed by atoms with Crippen molar-refractivity contribution in [3.8, 4) is 0 Å². The fraction of sp³-hybridized carbons (Fsp3) is 0.667. The van der Waals surface area contributed by atoms with Crippen molar-refractivity contribution in [2.24, 2.45) is 11.8 Å². The molecule has 0 radical (unpaired) electrons. The lowest BCUT2D eigenvalue weighted by molar-refractivity contribution is -0.134. The highest BCUT2D eigenvalue weighted by molar-refractivity contribution is 5.87. The van der Waals surface area contributed by atoms with E-state index in [1.54, 1.807) is 0 Å². The van der Waals surface area contributed by atoms with Crippen LogP contribution in [-0.2, 0) is 14.3 Å². The van der Waals surface area contributed by atoms with Gasteiger partial charge in [-0.1, -0.05) is 0 Å². The topological polar surface area (TPSA) is 124 Å². The first-order chi connectivity index (χ1) is 11.9. The van der Waals surface area contributed by atoms with Crippen LogP contribution in [0.3, 0.4) is 0 Å². The lowest BCUT2D eigenvalue weighted by Gasteiger charge is -2.26. The summed E-state index contributed by atoms with van der Waals surface area (Å²) in [5.74, 6) is -2.58. The van der Waals surface area contributed by atoms with Gasteiger partial charge in [-0.05, 0) is 63.2 Å². The third kappa shape index (κ3) is 5.57. The Kier molecular flexibility index (Phi) is 7.01. The van der Waals surface area contributed by atoms with E-state index in [2.05, 4.69) is 0 Å². The first-order valence-electron chi connectivity index (χ1n) is 8.76. The zero-order valence-electron chi connectivity index (χ0n) is 14.1. The summed E-state index contributed by atoms with van der Waals surface area (Å²) in [6, 6.07) is 0. The fourth-order valence-electron chi connectivity index (χ4n) is 3.60. The van der Waals surface area contributed by atoms with Gasteiger partial charge in [0.1, 0.15) is 12.5 Å². The number of hydrogen-bond donors (Lipinski definition) is 4. The Morgan fingerprint density at radius 1 is 0.680 bits per heavy atom. The minimum absolute atomic E-state index is 0.104. The minimum atomic E-state index is -1.09. The summed E-state index contributed by atoms with van der Waals surface area (Å²) < 4.78 is 5.23. The van der Waals surface area contributed by atoms with Crippen LogP contribution in [0.1, 0.15) is 51.4 Å². The van der Waals surface area contributed by atoms with Gasteiger partial charge in [-0.3, -0.25) is 0 Å². The number of carboxylic acids is 2. The summed E-state index contributed by atoms with van der Waals surface area (Å²) in [6.45, 7) is 0. The SMILES string of the molecule is O=C(O)C(=COC=C(C(=O)O)C1CCC(O)CC1)C1CCC(O)CC1. The highest BCUT2D eigenvalue weighted by atomic mass is 16.5. The standard InChI is InChI=1S/C18H26O7/c19-13-5-1-11(2-6-13)15(17(21)22)9-25-10-16(18(23)24)12-3-7-14(20)8-4-12/h9-14,19-20H,1-8H2,(H,21,22)(H,23,24). The molecular formula is C18H26O7. The maximum Gasteiger partial charge on any atom is 0.334 e. The van der Waals surface area contributed by atoms with Crippen LogP contribution in [0.15, 0.2) is 23.7 Å². The van der Waals surface area contributed by atoms with E-state index in [9.17, 15) is 30.0 Å². The first kappa shape index (κ1) is 19.5. The molecule has 0 bridgehead atoms. The molecule has 140 valence electrons. The Balaban J connectivity index is 2.05. The van der Waals surface area contributed by atoms with E-state index in [0.29, 0.717) is 51.4 Å². The van der Waals surface area contributed by atoms with Crippen molar-refractivity contribution in [1.82, 2.24) is 0 Å². The quantitative estimate of drug-likeness (QED) is 0.425. The number of aliphatic carboxylic acids is 2. The third-order valence-electron chi connectivity index (χ3n) is 5.16. The molecule has 2 saturated carbocycles. The van der Waals surface area contributed by atoms with Gasteiger partial charge in [0.2, 0.25) is 0 Å². The van der Waals surface area contributed by atoms with E-state index < -0.39 is 11.9 Å². The van der Waals surface area contributed by atoms with Crippen LogP contribution in [0.4, 0.5) is 0 Å². The van der Waals surface area contributed by atoms with Crippen LogP contribution in [0.2, 0.25) is 0 Å². The van der Waals surface area contributed by atoms with Gasteiger partial charge in [-0.15, -0.1) is 0 Å². The molecule has 0 atom stereocenters. The average molecular weight is 354 g/mol. The van der Waals surface area contributed by atoms with Crippen molar-refractivity contribution in [2.75, 3.05) is 0 Å². The largest absolute Gasteiger partial charge is 0.478 e. The molecule has 0 spiro atoms. The summed E-state index contributed by atoms with van der Waals surface area (Å²) in [7, 11) is 0. The molecule has 2 rings (SSSR count). The first-order valence-corrected chi connectivity index (χ1v) is 8.76. The molecule has 25 heavy (non-hydrogen) atoms. The smallest absolute Gasteiger partial charge is 0.334 e. The Hall–Kier alpha value is -1.86. The van der Waals surface area contributed by atoms with Crippen LogP contribution < -0.4 is 0 Å². The molecule has 0 unspecified atom stereocenters. The summed E-state index contributed by atoms with van der Waals surface area (Å²) >= 11 is 0. The molecular weight excluding hydrogens is 328 g/mol. The zero-order valence-corrected chi connectivity index (χ0v) is 14.1. The molecule has 7 nitrogen and oxygen atoms in total. The number of rotatable bonds is 6. The summed E-state index contributed by atoms with van der Waals surface area (Å²) in [5.41, 5.74) is 0.207. The Morgan fingerprint density at radius 2 is 1.00 bits per heavy atom. The number of carbonyl (C=O) groups is 2. The van der Waals surface area contributed by atoms with Crippen LogP contribution in [0.5, 0.6) is 0 Å². The van der Waals surface area contributed by atoms with Gasteiger partial charge in [-0.25, -0.2) is 9.59 Å². The molecule has 0 aromatic carbocycles. The second-order valence-electron chi connectivity index (χ2n) is 6.90. The number of carboxylic acid groups (broad SMARTS) is 2. The van der Waals surface area contributed by atoms with E-state index in [0.717, 1.165) is 12.5 Å². The molecule has 0 heterocycles.